The summed E-state index contributed by atoms with van der Waals surface area (Å²) in [6, 6.07) is 78.8. The Hall–Kier alpha value is -8.54. The number of hydrogen-bond donors (Lipinski definition) is 0. The van der Waals surface area contributed by atoms with Crippen LogP contribution in [-0.4, -0.2) is 6.71 Å². The first-order chi connectivity index (χ1) is 39.9. The van der Waals surface area contributed by atoms with Gasteiger partial charge in [-0.3, -0.25) is 0 Å². The summed E-state index contributed by atoms with van der Waals surface area (Å²) in [5, 5.41) is 3.66. The fraction of sp³-hybridized carbons (Fsp3) is 0.241. The summed E-state index contributed by atoms with van der Waals surface area (Å²) >= 11 is 0. The van der Waals surface area contributed by atoms with Gasteiger partial charge in [0.15, 0.2) is 0 Å². The van der Waals surface area contributed by atoms with Crippen LogP contribution in [0.4, 0.5) is 51.2 Å². The van der Waals surface area contributed by atoms with Crippen molar-refractivity contribution in [3.63, 3.8) is 0 Å². The molecule has 0 amide bonds. The van der Waals surface area contributed by atoms with Gasteiger partial charge in [-0.1, -0.05) is 206 Å². The number of anilines is 9. The van der Waals surface area contributed by atoms with Crippen LogP contribution in [0.5, 0.6) is 0 Å². The summed E-state index contributed by atoms with van der Waals surface area (Å²) in [6.07, 6.45) is 0. The highest BCUT2D eigenvalue weighted by Crippen LogP contribution is 2.55. The number of furan rings is 1. The van der Waals surface area contributed by atoms with Gasteiger partial charge in [0.2, 0.25) is 0 Å². The number of benzene rings is 10. The Morgan fingerprint density at radius 2 is 0.905 bits per heavy atom. The van der Waals surface area contributed by atoms with Crippen LogP contribution in [0.25, 0.3) is 44.2 Å². The Labute approximate surface area is 498 Å². The van der Waals surface area contributed by atoms with E-state index >= 15 is 0 Å². The Balaban J connectivity index is 1.07. The van der Waals surface area contributed by atoms with Crippen molar-refractivity contribution in [2.45, 2.75) is 124 Å². The molecule has 5 heteroatoms. The summed E-state index contributed by atoms with van der Waals surface area (Å²) in [6.45, 7) is 32.7. The Kier molecular flexibility index (Phi) is 11.9. The molecular formula is C79H76BN3O. The van der Waals surface area contributed by atoms with E-state index in [4.69, 9.17) is 4.42 Å². The number of hydrogen-bond acceptors (Lipinski definition) is 4. The van der Waals surface area contributed by atoms with Crippen LogP contribution in [0, 0.1) is 0 Å². The molecule has 84 heavy (non-hydrogen) atoms. The molecule has 0 fully saturated rings. The molecule has 0 radical (unpaired) electrons. The molecule has 2 aliphatic heterocycles. The third-order valence-corrected chi connectivity index (χ3v) is 18.7. The number of nitrogens with zero attached hydrogens (tertiary/aromatic N) is 3. The van der Waals surface area contributed by atoms with Crippen molar-refractivity contribution in [1.82, 2.24) is 0 Å². The van der Waals surface area contributed by atoms with Gasteiger partial charge in [-0.2, -0.15) is 0 Å². The third-order valence-electron chi connectivity index (χ3n) is 18.7. The average molecular weight is 1090 g/mol. The first kappa shape index (κ1) is 53.5. The number of fused-ring (bicyclic) bond motifs is 10. The molecule has 3 heterocycles. The molecular weight excluding hydrogens is 1020 g/mol. The van der Waals surface area contributed by atoms with E-state index in [2.05, 4.69) is 306 Å². The van der Waals surface area contributed by atoms with E-state index in [-0.39, 0.29) is 33.8 Å². The summed E-state index contributed by atoms with van der Waals surface area (Å²) in [4.78, 5) is 7.69. The van der Waals surface area contributed by atoms with Crippen LogP contribution >= 0.6 is 0 Å². The maximum absolute atomic E-state index is 6.51. The van der Waals surface area contributed by atoms with Crippen LogP contribution in [-0.2, 0) is 27.1 Å². The summed E-state index contributed by atoms with van der Waals surface area (Å²) < 4.78 is 6.51. The predicted molar refractivity (Wildman–Crippen MR) is 360 cm³/mol. The van der Waals surface area contributed by atoms with Crippen molar-refractivity contribution in [2.75, 3.05) is 14.7 Å². The summed E-state index contributed by atoms with van der Waals surface area (Å²) in [7, 11) is 0. The van der Waals surface area contributed by atoms with Crippen molar-refractivity contribution in [3.8, 4) is 22.5 Å². The van der Waals surface area contributed by atoms with Gasteiger partial charge in [0.05, 0.1) is 5.69 Å². The van der Waals surface area contributed by atoms with Crippen LogP contribution in [0.1, 0.15) is 130 Å². The average Bonchev–Trinajstić information content (AvgIpc) is 1.02. The lowest BCUT2D eigenvalue weighted by atomic mass is 9.33. The lowest BCUT2D eigenvalue weighted by molar-refractivity contribution is 0.590. The minimum atomic E-state index is -0.256. The van der Waals surface area contributed by atoms with Crippen LogP contribution in [0.3, 0.4) is 0 Å². The van der Waals surface area contributed by atoms with E-state index in [9.17, 15) is 0 Å². The molecule has 4 nitrogen and oxygen atoms in total. The second-order valence-electron chi connectivity index (χ2n) is 28.7. The molecule has 0 bridgehead atoms. The SMILES string of the molecule is CC(C)(C)c1ccc(N2c3ccc(C(C)(C)C)cc3B3c4cc(C(C)(C)C)ccc4N(c4ccc(C(C)(C)C)cc4)c4cc(N(c5ccc(-c6cc7ccccc7o6)cc5)c5ccc6c(c5)C(C)(C)c5ccc7ccccc7c5-6)cc2c43)cc1. The first-order valence-electron chi connectivity index (χ1n) is 30.3. The van der Waals surface area contributed by atoms with Gasteiger partial charge in [0, 0.05) is 61.9 Å². The maximum Gasteiger partial charge on any atom is 0.252 e. The highest BCUT2D eigenvalue weighted by atomic mass is 16.3. The molecule has 0 saturated heterocycles. The fourth-order valence-electron chi connectivity index (χ4n) is 13.8. The van der Waals surface area contributed by atoms with E-state index in [1.54, 1.807) is 0 Å². The van der Waals surface area contributed by atoms with Gasteiger partial charge >= 0.3 is 0 Å². The normalized spacial score (nSPS) is 14.3. The largest absolute Gasteiger partial charge is 0.456 e. The van der Waals surface area contributed by atoms with E-state index in [1.807, 2.05) is 12.1 Å². The molecule has 0 saturated carbocycles. The Morgan fingerprint density at radius 3 is 1.44 bits per heavy atom. The zero-order valence-electron chi connectivity index (χ0n) is 51.5. The molecule has 1 aromatic heterocycles. The van der Waals surface area contributed by atoms with Gasteiger partial charge in [-0.25, -0.2) is 0 Å². The molecule has 0 spiro atoms. The Bertz CT molecular complexity index is 4260. The van der Waals surface area contributed by atoms with Gasteiger partial charge in [-0.05, 0) is 190 Å². The topological polar surface area (TPSA) is 22.9 Å². The minimum Gasteiger partial charge on any atom is -0.456 e. The predicted octanol–water partition coefficient (Wildman–Crippen LogP) is 20.3. The van der Waals surface area contributed by atoms with Gasteiger partial charge in [0.25, 0.3) is 6.71 Å². The molecule has 0 unspecified atom stereocenters. The monoisotopic (exact) mass is 1090 g/mol. The molecule has 14 rings (SSSR count). The molecule has 416 valence electrons. The molecule has 10 aromatic carbocycles. The maximum atomic E-state index is 6.51. The van der Waals surface area contributed by atoms with Crippen molar-refractivity contribution in [2.24, 2.45) is 0 Å². The zero-order chi connectivity index (χ0) is 58.6. The molecule has 0 atom stereocenters. The van der Waals surface area contributed by atoms with Gasteiger partial charge < -0.3 is 19.1 Å². The summed E-state index contributed by atoms with van der Waals surface area (Å²) in [5.41, 5.74) is 26.2. The van der Waals surface area contributed by atoms with E-state index in [1.165, 1.54) is 94.4 Å². The number of para-hydroxylation sites is 1. The molecule has 0 N–H and O–H groups in total. The summed E-state index contributed by atoms with van der Waals surface area (Å²) in [5.74, 6) is 0.852. The van der Waals surface area contributed by atoms with E-state index in [0.29, 0.717) is 0 Å². The smallest absolute Gasteiger partial charge is 0.252 e. The highest BCUT2D eigenvalue weighted by Gasteiger charge is 2.45. The van der Waals surface area contributed by atoms with E-state index in [0.717, 1.165) is 50.7 Å². The highest BCUT2D eigenvalue weighted by molar-refractivity contribution is 7.00. The van der Waals surface area contributed by atoms with Crippen LogP contribution in [0.2, 0.25) is 0 Å². The third kappa shape index (κ3) is 8.63. The van der Waals surface area contributed by atoms with Gasteiger partial charge in [-0.15, -0.1) is 0 Å². The standard InChI is InChI=1S/C79H76BN3O/c1-75(2,3)52-26-34-57(35-27-52)82-67-41-30-54(77(7,8)9)44-65(67)80-66-45-55(78(10,11)12)31-42-68(66)83(58-36-28-53(29-37-58)76(4,5)6)70-48-60(47-69(82)74(70)80)81(56-32-23-50(24-33-56)72-43-51-20-16-18-22-71(51)84-72)59-38-39-62-64(46-59)79(13,14)63-40-25-49-19-15-17-21-61(49)73(62)63/h15-48H,1-14H3. The van der Waals surface area contributed by atoms with Crippen LogP contribution < -0.4 is 31.1 Å². The molecule has 1 aliphatic carbocycles. The lowest BCUT2D eigenvalue weighted by Gasteiger charge is -2.45. The minimum absolute atomic E-state index is 0.0129. The first-order valence-corrected chi connectivity index (χ1v) is 30.3. The lowest BCUT2D eigenvalue weighted by Crippen LogP contribution is -2.61. The zero-order valence-corrected chi connectivity index (χ0v) is 51.5. The van der Waals surface area contributed by atoms with E-state index < -0.39 is 0 Å². The van der Waals surface area contributed by atoms with Crippen molar-refractivity contribution in [3.05, 3.63) is 240 Å². The Morgan fingerprint density at radius 1 is 0.405 bits per heavy atom. The van der Waals surface area contributed by atoms with Gasteiger partial charge in [0.1, 0.15) is 11.3 Å². The molecule has 3 aliphatic rings. The quantitative estimate of drug-likeness (QED) is 0.155. The van der Waals surface area contributed by atoms with Crippen LogP contribution in [0.15, 0.2) is 211 Å². The van der Waals surface area contributed by atoms with Crippen molar-refractivity contribution >= 4 is 96.0 Å². The fourth-order valence-corrected chi connectivity index (χ4v) is 13.8. The molecule has 11 aromatic rings. The van der Waals surface area contributed by atoms with Crippen molar-refractivity contribution in [1.29, 1.82) is 0 Å². The van der Waals surface area contributed by atoms with Crippen molar-refractivity contribution < 1.29 is 4.42 Å². The number of rotatable bonds is 6. The second-order valence-corrected chi connectivity index (χ2v) is 28.7. The second kappa shape index (κ2) is 18.7.